The second-order valence-electron chi connectivity index (χ2n) is 25.5. The van der Waals surface area contributed by atoms with Gasteiger partial charge in [-0.3, -0.25) is 9.59 Å². The molecule has 22 atom stereocenters. The van der Waals surface area contributed by atoms with Crippen LogP contribution >= 0.6 is 22.6 Å². The first kappa shape index (κ1) is 53.9. The zero-order chi connectivity index (χ0) is 48.0. The van der Waals surface area contributed by atoms with E-state index < -0.39 is 5.97 Å². The van der Waals surface area contributed by atoms with Crippen molar-refractivity contribution in [1.82, 2.24) is 0 Å². The molecule has 0 aliphatic heterocycles. The molecule has 7 nitrogen and oxygen atoms in total. The summed E-state index contributed by atoms with van der Waals surface area (Å²) in [5.41, 5.74) is 1.10. The average molecular weight is 1020 g/mol. The third-order valence-corrected chi connectivity index (χ3v) is 23.9. The number of ether oxygens (including phenoxy) is 1. The Morgan fingerprint density at radius 1 is 0.677 bits per heavy atom. The Morgan fingerprint density at radius 2 is 1.32 bits per heavy atom. The molecule has 0 radical (unpaired) electrons. The summed E-state index contributed by atoms with van der Waals surface area (Å²) in [4.78, 5) is 25.0. The lowest BCUT2D eigenvalue weighted by Gasteiger charge is -2.67. The van der Waals surface area contributed by atoms with E-state index in [0.29, 0.717) is 59.2 Å². The fourth-order valence-electron chi connectivity index (χ4n) is 19.7. The molecule has 8 aliphatic rings. The Balaban J connectivity index is 0.000000208. The van der Waals surface area contributed by atoms with Crippen LogP contribution in [0.2, 0.25) is 0 Å². The summed E-state index contributed by atoms with van der Waals surface area (Å²) in [5.74, 6) is 7.94. The third-order valence-electron chi connectivity index (χ3n) is 23.9. The number of alkyl halides is 1. The number of hydrogen-bond acceptors (Lipinski definition) is 6. The Bertz CT molecular complexity index is 1610. The van der Waals surface area contributed by atoms with Crippen LogP contribution in [0.15, 0.2) is 0 Å². The fourth-order valence-corrected chi connectivity index (χ4v) is 19.7. The number of halogens is 1. The highest BCUT2D eigenvalue weighted by Gasteiger charge is 2.69. The largest absolute Gasteiger partial charge is 0.481 e. The van der Waals surface area contributed by atoms with Crippen LogP contribution in [0.3, 0.4) is 0 Å². The van der Waals surface area contributed by atoms with Gasteiger partial charge in [-0.15, -0.1) is 0 Å². The van der Waals surface area contributed by atoms with Crippen molar-refractivity contribution in [2.45, 2.75) is 222 Å². The zero-order valence-electron chi connectivity index (χ0n) is 43.6. The van der Waals surface area contributed by atoms with Crippen LogP contribution in [0.5, 0.6) is 0 Å². The van der Waals surface area contributed by atoms with Crippen molar-refractivity contribution in [2.24, 2.45) is 110 Å². The topological polar surface area (TPSA) is 124 Å². The molecular formula is C57H99IO7. The normalized spacial score (nSPS) is 49.3. The molecule has 0 amide bonds. The maximum Gasteiger partial charge on any atom is 0.305 e. The maximum atomic E-state index is 11.7. The van der Waals surface area contributed by atoms with Crippen molar-refractivity contribution in [3.8, 4) is 0 Å². The number of carboxylic acids is 1. The summed E-state index contributed by atoms with van der Waals surface area (Å²) in [6.45, 7) is 24.6. The van der Waals surface area contributed by atoms with Crippen LogP contribution in [-0.4, -0.2) is 62.7 Å². The van der Waals surface area contributed by atoms with Gasteiger partial charge in [0.2, 0.25) is 0 Å². The Hall–Kier alpha value is -0.450. The third kappa shape index (κ3) is 9.22. The summed E-state index contributed by atoms with van der Waals surface area (Å²) in [7, 11) is 1.44. The molecule has 4 N–H and O–H groups in total. The van der Waals surface area contributed by atoms with Crippen molar-refractivity contribution in [1.29, 1.82) is 0 Å². The van der Waals surface area contributed by atoms with Crippen LogP contribution in [0.1, 0.15) is 204 Å². The van der Waals surface area contributed by atoms with E-state index in [1.807, 2.05) is 4.93 Å². The Kier molecular flexibility index (Phi) is 17.5. The number of aliphatic carboxylic acids is 1. The summed E-state index contributed by atoms with van der Waals surface area (Å²) in [5, 5.41) is 42.4. The molecule has 0 saturated heterocycles. The molecule has 8 saturated carbocycles. The van der Waals surface area contributed by atoms with Crippen LogP contribution in [-0.2, 0) is 14.3 Å². The minimum atomic E-state index is -0.624. The van der Waals surface area contributed by atoms with Gasteiger partial charge in [-0.25, -0.2) is 0 Å². The van der Waals surface area contributed by atoms with E-state index in [1.54, 1.807) is 0 Å². The second kappa shape index (κ2) is 21.1. The molecule has 0 spiro atoms. The summed E-state index contributed by atoms with van der Waals surface area (Å²) >= 11 is 2.15. The molecular weight excluding hydrogens is 924 g/mol. The van der Waals surface area contributed by atoms with Gasteiger partial charge >= 0.3 is 11.9 Å². The van der Waals surface area contributed by atoms with Crippen LogP contribution in [0, 0.1) is 110 Å². The van der Waals surface area contributed by atoms with Gasteiger partial charge in [0, 0.05) is 12.8 Å². The average Bonchev–Trinajstić information content (AvgIpc) is 3.80. The number of carbonyl (C=O) groups excluding carboxylic acids is 1. The van der Waals surface area contributed by atoms with E-state index in [1.165, 1.54) is 71.3 Å². The highest BCUT2D eigenvalue weighted by molar-refractivity contribution is 14.1. The van der Waals surface area contributed by atoms with E-state index in [2.05, 4.69) is 91.8 Å². The van der Waals surface area contributed by atoms with E-state index in [4.69, 9.17) is 4.74 Å². The first-order valence-corrected chi connectivity index (χ1v) is 29.5. The standard InChI is InChI=1S/C31H54O2.C25H42O5.CH3I/c1-8-21-13-15-29(5)24(17-21)18-22(9-2)28-25-14-16-30(6,20(4)11-12-27(32)33)31(25,7)23(10-3)19-26(28)29;1-14(5-8-22(29)30-4)17-6-7-18-23-19(13-21(28)25(17,18)3)24(2)10-9-16(26)11-15(24)12-20(23)27;1-2/h20-26,28H,8-19H2,1-7H3,(H,32,33);14-21,23,26-28H,5-13H2,1-4H3;1H3/t20-,21?,22-,23+,24+,25+,26+,28+,29+,30-,31+;14-,15+,16-,17-,18+,19+,20-,21+,23+,24+,25-;/m11./s1. The van der Waals surface area contributed by atoms with Crippen molar-refractivity contribution in [3.05, 3.63) is 0 Å². The highest BCUT2D eigenvalue weighted by atomic mass is 127. The van der Waals surface area contributed by atoms with Crippen molar-refractivity contribution < 1.29 is 34.8 Å². The Morgan fingerprint density at radius 3 is 1.94 bits per heavy atom. The van der Waals surface area contributed by atoms with Gasteiger partial charge in [-0.1, -0.05) is 111 Å². The molecule has 65 heavy (non-hydrogen) atoms. The monoisotopic (exact) mass is 1020 g/mol. The smallest absolute Gasteiger partial charge is 0.305 e. The summed E-state index contributed by atoms with van der Waals surface area (Å²) in [6, 6.07) is 0. The van der Waals surface area contributed by atoms with E-state index >= 15 is 0 Å². The minimum absolute atomic E-state index is 0.111. The molecule has 376 valence electrons. The predicted molar refractivity (Wildman–Crippen MR) is 272 cm³/mol. The molecule has 0 heterocycles. The first-order chi connectivity index (χ1) is 30.7. The molecule has 1 unspecified atom stereocenters. The number of aliphatic hydroxyl groups is 3. The van der Waals surface area contributed by atoms with E-state index in [0.717, 1.165) is 99.2 Å². The molecule has 0 aromatic rings. The van der Waals surface area contributed by atoms with Gasteiger partial charge in [-0.05, 0) is 218 Å². The summed E-state index contributed by atoms with van der Waals surface area (Å²) < 4.78 is 4.83. The fraction of sp³-hybridized carbons (Fsp3) is 0.965. The number of methoxy groups -OCH3 is 1. The molecule has 8 fully saturated rings. The van der Waals surface area contributed by atoms with Gasteiger partial charge in [-0.2, -0.15) is 0 Å². The number of carboxylic acid groups (broad SMARTS) is 1. The molecule has 0 aromatic carbocycles. The zero-order valence-corrected chi connectivity index (χ0v) is 45.7. The van der Waals surface area contributed by atoms with Gasteiger partial charge in [0.25, 0.3) is 0 Å². The SMILES string of the molecule is CCC1CC[C@@]2(C)[C@@H](C1)C[C@@H](CC)[C@@H]1[C@@H]2C[C@H](CC)[C@@]2(C)[C@H]1CC[C@]2(C)[C@H](C)CCC(=O)O.CI.COC(=O)CC[C@@H](C)[C@H]1CC[C@H]2[C@@H]3[C@H](O)C[C@@H]4C[C@H](O)CC[C@]4(C)[C@H]3C[C@H](O)[C@]12C. The van der Waals surface area contributed by atoms with E-state index in [9.17, 15) is 30.0 Å². The Labute approximate surface area is 411 Å². The number of rotatable bonds is 11. The van der Waals surface area contributed by atoms with Gasteiger partial charge in [0.1, 0.15) is 0 Å². The maximum absolute atomic E-state index is 11.7. The first-order valence-electron chi connectivity index (χ1n) is 27.4. The van der Waals surface area contributed by atoms with E-state index in [-0.39, 0.29) is 46.4 Å². The van der Waals surface area contributed by atoms with Crippen LogP contribution in [0.4, 0.5) is 0 Å². The van der Waals surface area contributed by atoms with Crippen LogP contribution in [0.25, 0.3) is 0 Å². The van der Waals surface area contributed by atoms with Crippen molar-refractivity contribution >= 4 is 34.5 Å². The molecule has 8 aliphatic carbocycles. The number of fused-ring (bicyclic) bond motifs is 10. The van der Waals surface area contributed by atoms with Crippen molar-refractivity contribution in [2.75, 3.05) is 12.0 Å². The number of aliphatic hydroxyl groups excluding tert-OH is 3. The second-order valence-corrected chi connectivity index (χ2v) is 25.5. The molecule has 0 aromatic heterocycles. The molecule has 8 heteroatoms. The predicted octanol–water partition coefficient (Wildman–Crippen LogP) is 13.4. The molecule has 0 bridgehead atoms. The lowest BCUT2D eigenvalue weighted by Crippen LogP contribution is -2.62. The quantitative estimate of drug-likeness (QED) is 0.0923. The van der Waals surface area contributed by atoms with Crippen LogP contribution < -0.4 is 0 Å². The summed E-state index contributed by atoms with van der Waals surface area (Å²) in [6.07, 6.45) is 21.9. The van der Waals surface area contributed by atoms with Gasteiger partial charge in [0.05, 0.1) is 25.4 Å². The highest BCUT2D eigenvalue weighted by Crippen LogP contribution is 2.75. The number of esters is 1. The minimum Gasteiger partial charge on any atom is -0.481 e. The lowest BCUT2D eigenvalue weighted by atomic mass is 9.38. The van der Waals surface area contributed by atoms with Crippen molar-refractivity contribution in [3.63, 3.8) is 0 Å². The number of carbonyl (C=O) groups is 2. The molecule has 8 rings (SSSR count). The van der Waals surface area contributed by atoms with Gasteiger partial charge < -0.3 is 25.2 Å². The number of hydrogen-bond donors (Lipinski definition) is 4. The van der Waals surface area contributed by atoms with Gasteiger partial charge in [0.15, 0.2) is 0 Å². The lowest BCUT2D eigenvalue weighted by molar-refractivity contribution is -0.207.